The van der Waals surface area contributed by atoms with Crippen LogP contribution in [0.2, 0.25) is 0 Å². The average molecular weight is 680 g/mol. The third kappa shape index (κ3) is 31.6. The summed E-state index contributed by atoms with van der Waals surface area (Å²) in [5, 5.41) is 8.84. The summed E-state index contributed by atoms with van der Waals surface area (Å²) in [6.45, 7) is 3.88. The summed E-state index contributed by atoms with van der Waals surface area (Å²) in [6, 6.07) is -1.47. The Labute approximate surface area is 280 Å². The van der Waals surface area contributed by atoms with Gasteiger partial charge in [0.05, 0.1) is 19.8 Å². The van der Waals surface area contributed by atoms with Crippen molar-refractivity contribution in [3.8, 4) is 0 Å². The van der Waals surface area contributed by atoms with Gasteiger partial charge in [-0.1, -0.05) is 155 Å². The number of phosphoric acid groups is 1. The predicted octanol–water partition coefficient (Wildman–Crippen LogP) is 9.25. The summed E-state index contributed by atoms with van der Waals surface area (Å²) in [7, 11) is -4.60. The van der Waals surface area contributed by atoms with E-state index in [2.05, 4.69) is 18.4 Å². The summed E-state index contributed by atoms with van der Waals surface area (Å²) in [4.78, 5) is 33.3. The monoisotopic (exact) mass is 679 g/mol. The van der Waals surface area contributed by atoms with E-state index in [4.69, 9.17) is 24.8 Å². The molecule has 0 aromatic carbocycles. The number of carboxylic acid groups (broad SMARTS) is 1. The molecule has 11 heteroatoms. The molecule has 1 unspecified atom stereocenters. The van der Waals surface area contributed by atoms with Gasteiger partial charge in [-0.15, -0.1) is 0 Å². The Hall–Kier alpha value is -1.03. The van der Waals surface area contributed by atoms with Gasteiger partial charge in [0.15, 0.2) is 0 Å². The van der Waals surface area contributed by atoms with E-state index in [1.165, 1.54) is 116 Å². The van der Waals surface area contributed by atoms with E-state index in [-0.39, 0.29) is 13.0 Å². The van der Waals surface area contributed by atoms with Crippen molar-refractivity contribution in [2.75, 3.05) is 26.4 Å². The lowest BCUT2D eigenvalue weighted by molar-refractivity contribution is -0.154. The molecular formula is C35H70NO9P. The van der Waals surface area contributed by atoms with Crippen LogP contribution >= 0.6 is 7.82 Å². The standard InChI is InChI=1S/C35H70NO9P/c1-3-5-7-9-11-13-15-16-17-18-20-22-24-26-28-42-29-32(30-43-46(40,41)44-31-33(36)35(38)39)45-34(37)27-25-23-21-19-14-12-10-8-6-4-2/h32-33H,3-31,36H2,1-2H3,(H,38,39)(H,40,41)/t32-,33+/m1/s1. The number of hydrogen-bond donors (Lipinski definition) is 3. The highest BCUT2D eigenvalue weighted by Crippen LogP contribution is 2.43. The first-order valence-electron chi connectivity index (χ1n) is 18.6. The van der Waals surface area contributed by atoms with Crippen molar-refractivity contribution < 1.29 is 42.7 Å². The molecule has 0 aliphatic rings. The quantitative estimate of drug-likeness (QED) is 0.0331. The second-order valence-electron chi connectivity index (χ2n) is 12.7. The molecule has 0 aromatic rings. The molecule has 0 bridgehead atoms. The van der Waals surface area contributed by atoms with Gasteiger partial charge in [0, 0.05) is 13.0 Å². The summed E-state index contributed by atoms with van der Waals surface area (Å²) in [5.74, 6) is -1.77. The van der Waals surface area contributed by atoms with Gasteiger partial charge in [-0.2, -0.15) is 0 Å². The molecule has 4 N–H and O–H groups in total. The fourth-order valence-corrected chi connectivity index (χ4v) is 5.97. The predicted molar refractivity (Wildman–Crippen MR) is 185 cm³/mol. The molecule has 46 heavy (non-hydrogen) atoms. The number of phosphoric ester groups is 1. The van der Waals surface area contributed by atoms with Gasteiger partial charge in [0.25, 0.3) is 0 Å². The van der Waals surface area contributed by atoms with Gasteiger partial charge in [0.2, 0.25) is 0 Å². The van der Waals surface area contributed by atoms with Gasteiger partial charge in [0.1, 0.15) is 12.1 Å². The third-order valence-corrected chi connectivity index (χ3v) is 9.09. The van der Waals surface area contributed by atoms with E-state index < -0.39 is 45.1 Å². The minimum Gasteiger partial charge on any atom is -0.480 e. The van der Waals surface area contributed by atoms with E-state index in [1.54, 1.807) is 0 Å². The van der Waals surface area contributed by atoms with Crippen LogP contribution in [0, 0.1) is 0 Å². The first-order valence-corrected chi connectivity index (χ1v) is 20.1. The van der Waals surface area contributed by atoms with Gasteiger partial charge in [-0.3, -0.25) is 18.6 Å². The number of unbranched alkanes of at least 4 members (excludes halogenated alkanes) is 22. The summed E-state index contributed by atoms with van der Waals surface area (Å²) in [6.07, 6.45) is 28.7. The van der Waals surface area contributed by atoms with Crippen molar-refractivity contribution in [1.29, 1.82) is 0 Å². The maximum atomic E-state index is 12.5. The minimum absolute atomic E-state index is 0.0247. The number of ether oxygens (including phenoxy) is 2. The highest BCUT2D eigenvalue weighted by molar-refractivity contribution is 7.47. The molecule has 274 valence electrons. The molecule has 0 rings (SSSR count). The largest absolute Gasteiger partial charge is 0.480 e. The molecule has 0 fully saturated rings. The van der Waals surface area contributed by atoms with Crippen LogP contribution in [0.1, 0.15) is 174 Å². The molecule has 0 spiro atoms. The van der Waals surface area contributed by atoms with Crippen molar-refractivity contribution in [2.45, 2.75) is 187 Å². The van der Waals surface area contributed by atoms with E-state index in [0.29, 0.717) is 6.61 Å². The van der Waals surface area contributed by atoms with Crippen LogP contribution in [0.3, 0.4) is 0 Å². The molecule has 0 heterocycles. The van der Waals surface area contributed by atoms with Crippen LogP contribution < -0.4 is 5.73 Å². The Bertz CT molecular complexity index is 756. The maximum Gasteiger partial charge on any atom is 0.472 e. The van der Waals surface area contributed by atoms with Crippen molar-refractivity contribution in [2.24, 2.45) is 5.73 Å². The molecule has 0 saturated heterocycles. The maximum absolute atomic E-state index is 12.5. The van der Waals surface area contributed by atoms with Crippen LogP contribution in [0.5, 0.6) is 0 Å². The number of esters is 1. The summed E-state index contributed by atoms with van der Waals surface area (Å²) in [5.41, 5.74) is 5.33. The topological polar surface area (TPSA) is 155 Å². The zero-order valence-electron chi connectivity index (χ0n) is 29.4. The van der Waals surface area contributed by atoms with Crippen molar-refractivity contribution in [1.82, 2.24) is 0 Å². The Kier molecular flexibility index (Phi) is 31.8. The van der Waals surface area contributed by atoms with Crippen LogP contribution in [-0.2, 0) is 32.7 Å². The Morgan fingerprint density at radius 2 is 1.00 bits per heavy atom. The lowest BCUT2D eigenvalue weighted by Gasteiger charge is -2.20. The zero-order valence-corrected chi connectivity index (χ0v) is 30.3. The van der Waals surface area contributed by atoms with Crippen molar-refractivity contribution in [3.05, 3.63) is 0 Å². The first kappa shape index (κ1) is 45.0. The molecule has 0 aromatic heterocycles. The van der Waals surface area contributed by atoms with Gasteiger partial charge in [-0.25, -0.2) is 4.57 Å². The van der Waals surface area contributed by atoms with Gasteiger partial charge in [-0.05, 0) is 12.8 Å². The van der Waals surface area contributed by atoms with E-state index in [9.17, 15) is 19.0 Å². The smallest absolute Gasteiger partial charge is 0.472 e. The molecule has 0 radical (unpaired) electrons. The zero-order chi connectivity index (χ0) is 34.1. The number of hydrogen-bond acceptors (Lipinski definition) is 8. The van der Waals surface area contributed by atoms with Gasteiger partial charge < -0.3 is 25.2 Å². The fourth-order valence-electron chi connectivity index (χ4n) is 5.19. The molecule has 0 amide bonds. The normalized spacial score (nSPS) is 14.2. The first-order chi connectivity index (χ1) is 22.2. The number of nitrogens with two attached hydrogens (primary N) is 1. The summed E-state index contributed by atoms with van der Waals surface area (Å²) < 4.78 is 33.1. The molecule has 0 aliphatic heterocycles. The lowest BCUT2D eigenvalue weighted by Crippen LogP contribution is -2.34. The average Bonchev–Trinajstić information content (AvgIpc) is 3.03. The highest BCUT2D eigenvalue weighted by atomic mass is 31.2. The van der Waals surface area contributed by atoms with Gasteiger partial charge >= 0.3 is 19.8 Å². The highest BCUT2D eigenvalue weighted by Gasteiger charge is 2.27. The number of carbonyl (C=O) groups excluding carboxylic acids is 1. The third-order valence-electron chi connectivity index (χ3n) is 8.14. The van der Waals surface area contributed by atoms with Crippen LogP contribution in [0.4, 0.5) is 0 Å². The minimum atomic E-state index is -4.60. The number of carbonyl (C=O) groups is 2. The number of aliphatic carboxylic acids is 1. The molecule has 10 nitrogen and oxygen atoms in total. The second kappa shape index (κ2) is 32.5. The summed E-state index contributed by atoms with van der Waals surface area (Å²) >= 11 is 0. The molecule has 0 aliphatic carbocycles. The lowest BCUT2D eigenvalue weighted by atomic mass is 10.0. The van der Waals surface area contributed by atoms with Crippen LogP contribution in [0.15, 0.2) is 0 Å². The Balaban J connectivity index is 4.27. The molecule has 3 atom stereocenters. The Morgan fingerprint density at radius 3 is 1.43 bits per heavy atom. The molecular weight excluding hydrogens is 609 g/mol. The molecule has 0 saturated carbocycles. The number of carboxylic acids is 1. The van der Waals surface area contributed by atoms with Crippen molar-refractivity contribution >= 4 is 19.8 Å². The van der Waals surface area contributed by atoms with Crippen LogP contribution in [0.25, 0.3) is 0 Å². The number of rotatable bonds is 36. The van der Waals surface area contributed by atoms with Crippen LogP contribution in [-0.4, -0.2) is 60.5 Å². The van der Waals surface area contributed by atoms with E-state index in [1.807, 2.05) is 0 Å². The SMILES string of the molecule is CCCCCCCCCCCCCCCCOC[C@H](COP(=O)(O)OC[C@H](N)C(=O)O)OC(=O)CCCCCCCCCCCC. The van der Waals surface area contributed by atoms with Crippen molar-refractivity contribution in [3.63, 3.8) is 0 Å². The fraction of sp³-hybridized carbons (Fsp3) is 0.943. The van der Waals surface area contributed by atoms with E-state index in [0.717, 1.165) is 38.5 Å². The van der Waals surface area contributed by atoms with E-state index >= 15 is 0 Å². The Morgan fingerprint density at radius 1 is 0.609 bits per heavy atom. The second-order valence-corrected chi connectivity index (χ2v) is 14.2.